The van der Waals surface area contributed by atoms with Crippen LogP contribution in [0, 0.1) is 30.4 Å². The van der Waals surface area contributed by atoms with Gasteiger partial charge in [-0.25, -0.2) is 8.78 Å². The minimum atomic E-state index is -1.08. The first-order valence-electron chi connectivity index (χ1n) is 10.1. The first-order valence-corrected chi connectivity index (χ1v) is 10.1. The van der Waals surface area contributed by atoms with Crippen molar-refractivity contribution in [3.05, 3.63) is 70.8 Å². The summed E-state index contributed by atoms with van der Waals surface area (Å²) in [5, 5.41) is 9.14. The summed E-state index contributed by atoms with van der Waals surface area (Å²) in [7, 11) is 0. The molecular formula is C23H26F2N2O2. The topological polar surface area (TPSA) is 43.8 Å². The smallest absolute Gasteiger partial charge is 0.257 e. The van der Waals surface area contributed by atoms with Gasteiger partial charge in [0, 0.05) is 38.7 Å². The normalized spacial score (nSPS) is 24.1. The molecule has 2 heterocycles. The Balaban J connectivity index is 1.68. The van der Waals surface area contributed by atoms with Gasteiger partial charge in [-0.1, -0.05) is 30.3 Å². The molecule has 154 valence electrons. The standard InChI is InChI=1S/C23H26F2N2O2/c1-15-6-2-3-7-17(15)22-19-14-26(10-5-11-28)12-16(19)13-27(22)23(29)18-8-4-9-20(24)21(18)25/h2-4,6-9,16,19,22,28H,5,10-14H2,1H3/t16-,19-,22+/m0/s1. The van der Waals surface area contributed by atoms with Gasteiger partial charge in [0.15, 0.2) is 11.6 Å². The second-order valence-electron chi connectivity index (χ2n) is 8.12. The summed E-state index contributed by atoms with van der Waals surface area (Å²) < 4.78 is 28.1. The SMILES string of the molecule is Cc1ccccc1[C@@H]1[C@H]2CN(CCCO)C[C@H]2CN1C(=O)c1cccc(F)c1F. The van der Waals surface area contributed by atoms with E-state index in [1.165, 1.54) is 12.1 Å². The molecule has 2 saturated heterocycles. The quantitative estimate of drug-likeness (QED) is 0.837. The predicted octanol–water partition coefficient (Wildman–Crippen LogP) is 3.40. The van der Waals surface area contributed by atoms with E-state index in [0.717, 1.165) is 43.2 Å². The number of fused-ring (bicyclic) bond motifs is 1. The molecule has 6 heteroatoms. The molecule has 2 fully saturated rings. The number of benzene rings is 2. The zero-order valence-electron chi connectivity index (χ0n) is 16.5. The van der Waals surface area contributed by atoms with E-state index in [-0.39, 0.29) is 30.0 Å². The van der Waals surface area contributed by atoms with E-state index in [4.69, 9.17) is 5.11 Å². The number of amides is 1. The van der Waals surface area contributed by atoms with E-state index in [9.17, 15) is 13.6 Å². The third kappa shape index (κ3) is 3.67. The van der Waals surface area contributed by atoms with Gasteiger partial charge in [0.1, 0.15) is 0 Å². The number of carbonyl (C=O) groups is 1. The Kier molecular flexibility index (Phi) is 5.65. The van der Waals surface area contributed by atoms with Gasteiger partial charge in [0.2, 0.25) is 0 Å². The van der Waals surface area contributed by atoms with Crippen LogP contribution in [0.25, 0.3) is 0 Å². The number of aliphatic hydroxyl groups is 1. The van der Waals surface area contributed by atoms with Crippen LogP contribution in [0.15, 0.2) is 42.5 Å². The second-order valence-corrected chi connectivity index (χ2v) is 8.12. The number of likely N-dealkylation sites (tertiary alicyclic amines) is 2. The summed E-state index contributed by atoms with van der Waals surface area (Å²) in [6.07, 6.45) is 0.728. The molecule has 3 atom stereocenters. The average molecular weight is 400 g/mol. The van der Waals surface area contributed by atoms with Crippen molar-refractivity contribution in [2.45, 2.75) is 19.4 Å². The Morgan fingerprint density at radius 3 is 2.66 bits per heavy atom. The Bertz CT molecular complexity index is 904. The average Bonchev–Trinajstić information content (AvgIpc) is 3.26. The van der Waals surface area contributed by atoms with Crippen molar-refractivity contribution in [2.24, 2.45) is 11.8 Å². The third-order valence-corrected chi connectivity index (χ3v) is 6.32. The summed E-state index contributed by atoms with van der Waals surface area (Å²) in [5.74, 6) is -2.03. The Morgan fingerprint density at radius 2 is 1.90 bits per heavy atom. The molecule has 4 nitrogen and oxygen atoms in total. The van der Waals surface area contributed by atoms with Gasteiger partial charge < -0.3 is 14.9 Å². The maximum absolute atomic E-state index is 14.4. The lowest BCUT2D eigenvalue weighted by Gasteiger charge is -2.31. The van der Waals surface area contributed by atoms with Crippen molar-refractivity contribution < 1.29 is 18.7 Å². The Hall–Kier alpha value is -2.31. The highest BCUT2D eigenvalue weighted by Gasteiger charge is 2.49. The summed E-state index contributed by atoms with van der Waals surface area (Å²) in [6, 6.07) is 11.6. The number of hydrogen-bond donors (Lipinski definition) is 1. The molecule has 0 saturated carbocycles. The minimum Gasteiger partial charge on any atom is -0.396 e. The number of rotatable bonds is 5. The Morgan fingerprint density at radius 1 is 1.10 bits per heavy atom. The van der Waals surface area contributed by atoms with Crippen LogP contribution in [0.1, 0.15) is 33.9 Å². The van der Waals surface area contributed by atoms with Gasteiger partial charge in [0.05, 0.1) is 11.6 Å². The van der Waals surface area contributed by atoms with Gasteiger partial charge in [-0.3, -0.25) is 4.79 Å². The summed E-state index contributed by atoms with van der Waals surface area (Å²) in [6.45, 7) is 5.22. The van der Waals surface area contributed by atoms with Crippen molar-refractivity contribution in [3.63, 3.8) is 0 Å². The van der Waals surface area contributed by atoms with Crippen LogP contribution in [0.2, 0.25) is 0 Å². The van der Waals surface area contributed by atoms with Crippen LogP contribution in [0.3, 0.4) is 0 Å². The fraction of sp³-hybridized carbons (Fsp3) is 0.435. The highest BCUT2D eigenvalue weighted by atomic mass is 19.2. The number of nitrogens with zero attached hydrogens (tertiary/aromatic N) is 2. The maximum Gasteiger partial charge on any atom is 0.257 e. The van der Waals surface area contributed by atoms with E-state index < -0.39 is 17.5 Å². The fourth-order valence-corrected chi connectivity index (χ4v) is 4.96. The molecule has 2 aliphatic rings. The lowest BCUT2D eigenvalue weighted by molar-refractivity contribution is 0.0694. The van der Waals surface area contributed by atoms with Crippen molar-refractivity contribution in [1.29, 1.82) is 0 Å². The van der Waals surface area contributed by atoms with Crippen LogP contribution in [-0.2, 0) is 0 Å². The van der Waals surface area contributed by atoms with Gasteiger partial charge in [-0.2, -0.15) is 0 Å². The minimum absolute atomic E-state index is 0.163. The number of carbonyl (C=O) groups excluding carboxylic acids is 1. The fourth-order valence-electron chi connectivity index (χ4n) is 4.96. The molecular weight excluding hydrogens is 374 g/mol. The molecule has 2 aromatic carbocycles. The largest absolute Gasteiger partial charge is 0.396 e. The second kappa shape index (κ2) is 8.20. The molecule has 1 amide bonds. The monoisotopic (exact) mass is 400 g/mol. The maximum atomic E-state index is 14.4. The van der Waals surface area contributed by atoms with Gasteiger partial charge in [-0.05, 0) is 42.5 Å². The van der Waals surface area contributed by atoms with Crippen molar-refractivity contribution in [2.75, 3.05) is 32.8 Å². The van der Waals surface area contributed by atoms with E-state index >= 15 is 0 Å². The molecule has 0 radical (unpaired) electrons. The van der Waals surface area contributed by atoms with Crippen LogP contribution in [-0.4, -0.2) is 53.6 Å². The predicted molar refractivity (Wildman–Crippen MR) is 106 cm³/mol. The van der Waals surface area contributed by atoms with E-state index in [1.807, 2.05) is 31.2 Å². The van der Waals surface area contributed by atoms with Gasteiger partial charge in [0.25, 0.3) is 5.91 Å². The lowest BCUT2D eigenvalue weighted by atomic mass is 9.87. The first-order chi connectivity index (χ1) is 14.0. The van der Waals surface area contributed by atoms with Crippen LogP contribution < -0.4 is 0 Å². The zero-order valence-corrected chi connectivity index (χ0v) is 16.5. The molecule has 0 unspecified atom stereocenters. The van der Waals surface area contributed by atoms with E-state index in [2.05, 4.69) is 4.90 Å². The number of aryl methyl sites for hydroxylation is 1. The highest BCUT2D eigenvalue weighted by Crippen LogP contribution is 2.46. The Labute approximate surface area is 169 Å². The third-order valence-electron chi connectivity index (χ3n) is 6.32. The number of aliphatic hydroxyl groups excluding tert-OH is 1. The number of hydrogen-bond acceptors (Lipinski definition) is 3. The molecule has 4 rings (SSSR count). The lowest BCUT2D eigenvalue weighted by Crippen LogP contribution is -2.36. The highest BCUT2D eigenvalue weighted by molar-refractivity contribution is 5.95. The molecule has 1 N–H and O–H groups in total. The molecule has 0 aromatic heterocycles. The molecule has 0 aliphatic carbocycles. The summed E-state index contributed by atoms with van der Waals surface area (Å²) in [4.78, 5) is 17.3. The molecule has 2 aliphatic heterocycles. The van der Waals surface area contributed by atoms with Crippen LogP contribution in [0.4, 0.5) is 8.78 Å². The van der Waals surface area contributed by atoms with Crippen molar-refractivity contribution in [3.8, 4) is 0 Å². The van der Waals surface area contributed by atoms with Gasteiger partial charge in [-0.15, -0.1) is 0 Å². The van der Waals surface area contributed by atoms with Crippen molar-refractivity contribution >= 4 is 5.91 Å². The molecule has 2 aromatic rings. The molecule has 0 bridgehead atoms. The zero-order chi connectivity index (χ0) is 20.5. The number of halogens is 2. The molecule has 29 heavy (non-hydrogen) atoms. The van der Waals surface area contributed by atoms with Crippen LogP contribution in [0.5, 0.6) is 0 Å². The summed E-state index contributed by atoms with van der Waals surface area (Å²) >= 11 is 0. The van der Waals surface area contributed by atoms with Crippen molar-refractivity contribution in [1.82, 2.24) is 9.80 Å². The summed E-state index contributed by atoms with van der Waals surface area (Å²) in [5.41, 5.74) is 1.94. The molecule has 0 spiro atoms. The van der Waals surface area contributed by atoms with Gasteiger partial charge >= 0.3 is 0 Å². The first kappa shape index (κ1) is 20.0. The van der Waals surface area contributed by atoms with E-state index in [0.29, 0.717) is 6.54 Å². The van der Waals surface area contributed by atoms with Crippen LogP contribution >= 0.6 is 0 Å². The van der Waals surface area contributed by atoms with E-state index in [1.54, 1.807) is 4.90 Å².